The first kappa shape index (κ1) is 19.9. The van der Waals surface area contributed by atoms with Crippen LogP contribution in [0.5, 0.6) is 5.75 Å². The van der Waals surface area contributed by atoms with Gasteiger partial charge >= 0.3 is 0 Å². The highest BCUT2D eigenvalue weighted by atomic mass is 16.3. The number of phenolic OH excluding ortho intramolecular Hbond substituents is 1. The van der Waals surface area contributed by atoms with Crippen LogP contribution in [-0.4, -0.2) is 16.3 Å². The lowest BCUT2D eigenvalue weighted by Crippen LogP contribution is -2.23. The maximum absolute atomic E-state index is 10.8. The SMILES string of the molecule is CCCCCCC(C)(C)c1ccc([C@H]2C[C@@H](O)Cc3ccccc32)c(O)c1. The Hall–Kier alpha value is -1.80. The molecule has 0 bridgehead atoms. The number of aliphatic hydroxyl groups is 1. The zero-order chi connectivity index (χ0) is 19.4. The molecule has 2 aromatic rings. The molecule has 0 spiro atoms. The summed E-state index contributed by atoms with van der Waals surface area (Å²) < 4.78 is 0. The molecule has 146 valence electrons. The number of phenols is 1. The van der Waals surface area contributed by atoms with Crippen molar-refractivity contribution in [3.63, 3.8) is 0 Å². The van der Waals surface area contributed by atoms with E-state index in [0.717, 1.165) is 12.0 Å². The molecule has 0 saturated heterocycles. The molecule has 2 N–H and O–H groups in total. The first-order valence-electron chi connectivity index (χ1n) is 10.5. The van der Waals surface area contributed by atoms with E-state index < -0.39 is 0 Å². The standard InChI is InChI=1S/C25H34O2/c1-4-5-6-9-14-25(2,3)19-12-13-22(24(27)16-19)23-17-20(26)15-18-10-7-8-11-21(18)23/h7-8,10-13,16,20,23,26-27H,4-6,9,14-15,17H2,1-3H3/t20-,23-/m0/s1. The van der Waals surface area contributed by atoms with Gasteiger partial charge in [0.05, 0.1) is 6.10 Å². The van der Waals surface area contributed by atoms with Gasteiger partial charge in [-0.1, -0.05) is 82.9 Å². The van der Waals surface area contributed by atoms with Gasteiger partial charge in [-0.05, 0) is 47.4 Å². The summed E-state index contributed by atoms with van der Waals surface area (Å²) in [7, 11) is 0. The Morgan fingerprint density at radius 3 is 2.52 bits per heavy atom. The molecule has 0 aliphatic heterocycles. The van der Waals surface area contributed by atoms with E-state index in [4.69, 9.17) is 0 Å². The van der Waals surface area contributed by atoms with E-state index in [1.54, 1.807) is 0 Å². The highest BCUT2D eigenvalue weighted by Crippen LogP contribution is 2.42. The number of unbranched alkanes of at least 4 members (excludes halogenated alkanes) is 3. The van der Waals surface area contributed by atoms with E-state index in [9.17, 15) is 10.2 Å². The van der Waals surface area contributed by atoms with E-state index >= 15 is 0 Å². The summed E-state index contributed by atoms with van der Waals surface area (Å²) in [5.74, 6) is 0.426. The molecule has 0 saturated carbocycles. The van der Waals surface area contributed by atoms with Gasteiger partial charge in [-0.15, -0.1) is 0 Å². The lowest BCUT2D eigenvalue weighted by molar-refractivity contribution is 0.151. The summed E-state index contributed by atoms with van der Waals surface area (Å²) in [5, 5.41) is 21.2. The summed E-state index contributed by atoms with van der Waals surface area (Å²) in [5.41, 5.74) is 4.63. The summed E-state index contributed by atoms with van der Waals surface area (Å²) in [6.07, 6.45) is 7.22. The number of hydrogen-bond donors (Lipinski definition) is 2. The Balaban J connectivity index is 1.83. The Morgan fingerprint density at radius 1 is 1.00 bits per heavy atom. The third kappa shape index (κ3) is 4.55. The fourth-order valence-electron chi connectivity index (χ4n) is 4.49. The van der Waals surface area contributed by atoms with Crippen molar-refractivity contribution >= 4 is 0 Å². The van der Waals surface area contributed by atoms with Gasteiger partial charge < -0.3 is 10.2 Å². The molecule has 2 atom stereocenters. The second-order valence-electron chi connectivity index (χ2n) is 8.81. The average Bonchev–Trinajstić information content (AvgIpc) is 2.64. The Bertz CT molecular complexity index is 763. The molecular formula is C25H34O2. The summed E-state index contributed by atoms with van der Waals surface area (Å²) in [6, 6.07) is 14.5. The molecule has 0 amide bonds. The van der Waals surface area contributed by atoms with Crippen molar-refractivity contribution in [2.45, 2.75) is 83.2 Å². The fraction of sp³-hybridized carbons (Fsp3) is 0.520. The fourth-order valence-corrected chi connectivity index (χ4v) is 4.49. The van der Waals surface area contributed by atoms with Crippen molar-refractivity contribution in [2.75, 3.05) is 0 Å². The van der Waals surface area contributed by atoms with Crippen molar-refractivity contribution in [3.8, 4) is 5.75 Å². The lowest BCUT2D eigenvalue weighted by Gasteiger charge is -2.31. The summed E-state index contributed by atoms with van der Waals surface area (Å²) >= 11 is 0. The van der Waals surface area contributed by atoms with E-state index in [2.05, 4.69) is 45.0 Å². The normalized spacial score (nSPS) is 19.7. The number of aliphatic hydroxyl groups excluding tert-OH is 1. The number of rotatable bonds is 7. The molecule has 27 heavy (non-hydrogen) atoms. The van der Waals surface area contributed by atoms with Gasteiger partial charge in [0.1, 0.15) is 5.75 Å². The van der Waals surface area contributed by atoms with Gasteiger partial charge in [0.2, 0.25) is 0 Å². The minimum atomic E-state index is -0.348. The largest absolute Gasteiger partial charge is 0.508 e. The Kier molecular flexibility index (Phi) is 6.26. The number of benzene rings is 2. The smallest absolute Gasteiger partial charge is 0.119 e. The number of hydrogen-bond acceptors (Lipinski definition) is 2. The van der Waals surface area contributed by atoms with Crippen molar-refractivity contribution in [3.05, 3.63) is 64.7 Å². The van der Waals surface area contributed by atoms with E-state index in [1.165, 1.54) is 42.4 Å². The molecular weight excluding hydrogens is 332 g/mol. The third-order valence-electron chi connectivity index (χ3n) is 6.24. The van der Waals surface area contributed by atoms with E-state index in [1.807, 2.05) is 18.2 Å². The molecule has 3 rings (SSSR count). The molecule has 2 heteroatoms. The van der Waals surface area contributed by atoms with Crippen LogP contribution in [0.15, 0.2) is 42.5 Å². The molecule has 2 nitrogen and oxygen atoms in total. The van der Waals surface area contributed by atoms with Crippen molar-refractivity contribution in [2.24, 2.45) is 0 Å². The third-order valence-corrected chi connectivity index (χ3v) is 6.24. The molecule has 0 fully saturated rings. The van der Waals surface area contributed by atoms with Crippen LogP contribution in [-0.2, 0) is 11.8 Å². The van der Waals surface area contributed by atoms with Crippen LogP contribution in [0.1, 0.15) is 87.5 Å². The minimum absolute atomic E-state index is 0.0617. The van der Waals surface area contributed by atoms with Crippen molar-refractivity contribution < 1.29 is 10.2 Å². The molecule has 0 unspecified atom stereocenters. The van der Waals surface area contributed by atoms with E-state index in [0.29, 0.717) is 18.6 Å². The predicted octanol–water partition coefficient (Wildman–Crippen LogP) is 6.08. The highest BCUT2D eigenvalue weighted by molar-refractivity contribution is 5.48. The quantitative estimate of drug-likeness (QED) is 0.583. The van der Waals surface area contributed by atoms with Gasteiger partial charge in [-0.3, -0.25) is 0 Å². The second kappa shape index (κ2) is 8.48. The number of fused-ring (bicyclic) bond motifs is 1. The Morgan fingerprint density at radius 2 is 1.78 bits per heavy atom. The van der Waals surface area contributed by atoms with Crippen LogP contribution >= 0.6 is 0 Å². The molecule has 0 aromatic heterocycles. The van der Waals surface area contributed by atoms with Crippen LogP contribution < -0.4 is 0 Å². The first-order valence-corrected chi connectivity index (χ1v) is 10.5. The average molecular weight is 367 g/mol. The maximum atomic E-state index is 10.8. The zero-order valence-corrected chi connectivity index (χ0v) is 17.0. The van der Waals surface area contributed by atoms with Gasteiger partial charge in [-0.25, -0.2) is 0 Å². The van der Waals surface area contributed by atoms with Gasteiger partial charge in [0.15, 0.2) is 0 Å². The molecule has 1 aliphatic rings. The summed E-state index contributed by atoms with van der Waals surface area (Å²) in [4.78, 5) is 0. The van der Waals surface area contributed by atoms with E-state index in [-0.39, 0.29) is 17.4 Å². The van der Waals surface area contributed by atoms with Crippen LogP contribution in [0, 0.1) is 0 Å². The first-order chi connectivity index (χ1) is 12.9. The molecule has 0 radical (unpaired) electrons. The molecule has 0 heterocycles. The highest BCUT2D eigenvalue weighted by Gasteiger charge is 2.29. The Labute approximate surface area is 164 Å². The zero-order valence-electron chi connectivity index (χ0n) is 17.0. The van der Waals surface area contributed by atoms with Crippen LogP contribution in [0.4, 0.5) is 0 Å². The van der Waals surface area contributed by atoms with Gasteiger partial charge in [-0.2, -0.15) is 0 Å². The summed E-state index contributed by atoms with van der Waals surface area (Å²) in [6.45, 7) is 6.78. The lowest BCUT2D eigenvalue weighted by atomic mass is 9.75. The topological polar surface area (TPSA) is 40.5 Å². The van der Waals surface area contributed by atoms with Crippen molar-refractivity contribution in [1.82, 2.24) is 0 Å². The predicted molar refractivity (Wildman–Crippen MR) is 113 cm³/mol. The van der Waals surface area contributed by atoms with Gasteiger partial charge in [0, 0.05) is 11.5 Å². The van der Waals surface area contributed by atoms with Crippen LogP contribution in [0.3, 0.4) is 0 Å². The van der Waals surface area contributed by atoms with Gasteiger partial charge in [0.25, 0.3) is 0 Å². The maximum Gasteiger partial charge on any atom is 0.119 e. The van der Waals surface area contributed by atoms with Crippen molar-refractivity contribution in [1.29, 1.82) is 0 Å². The van der Waals surface area contributed by atoms with Crippen LogP contribution in [0.2, 0.25) is 0 Å². The van der Waals surface area contributed by atoms with Crippen LogP contribution in [0.25, 0.3) is 0 Å². The minimum Gasteiger partial charge on any atom is -0.508 e. The molecule has 1 aliphatic carbocycles. The second-order valence-corrected chi connectivity index (χ2v) is 8.81. The molecule has 2 aromatic carbocycles. The number of aromatic hydroxyl groups is 1. The monoisotopic (exact) mass is 366 g/mol.